The van der Waals surface area contributed by atoms with E-state index in [4.69, 9.17) is 0 Å². The first-order valence-corrected chi connectivity index (χ1v) is 12.4. The van der Waals surface area contributed by atoms with E-state index in [1.54, 1.807) is 6.92 Å². The van der Waals surface area contributed by atoms with E-state index in [9.17, 15) is 13.5 Å². The van der Waals surface area contributed by atoms with Crippen LogP contribution in [0.1, 0.15) is 50.5 Å². The first-order chi connectivity index (χ1) is 14.4. The Labute approximate surface area is 176 Å². The van der Waals surface area contributed by atoms with Gasteiger partial charge in [-0.15, -0.1) is 0 Å². The maximum Gasteiger partial charge on any atom is 0.160 e. The van der Waals surface area contributed by atoms with Crippen molar-refractivity contribution in [1.82, 2.24) is 20.3 Å². The molecule has 0 amide bonds. The molecule has 160 valence electrons. The minimum Gasteiger partial charge on any atom is -0.387 e. The van der Waals surface area contributed by atoms with Gasteiger partial charge in [-0.1, -0.05) is 6.07 Å². The summed E-state index contributed by atoms with van der Waals surface area (Å²) >= 11 is 0. The highest BCUT2D eigenvalue weighted by Crippen LogP contribution is 2.41. The molecule has 2 fully saturated rings. The highest BCUT2D eigenvalue weighted by Gasteiger charge is 2.47. The molecule has 1 aliphatic heterocycles. The largest absolute Gasteiger partial charge is 0.387 e. The van der Waals surface area contributed by atoms with Gasteiger partial charge < -0.3 is 15.4 Å². The van der Waals surface area contributed by atoms with Crippen LogP contribution >= 0.6 is 0 Å². The number of sulfone groups is 1. The normalized spacial score (nSPS) is 28.9. The molecule has 3 N–H and O–H groups in total. The van der Waals surface area contributed by atoms with E-state index in [2.05, 4.69) is 26.3 Å². The molecule has 0 aromatic carbocycles. The van der Waals surface area contributed by atoms with Crippen LogP contribution in [0.3, 0.4) is 0 Å². The predicted molar refractivity (Wildman–Crippen MR) is 117 cm³/mol. The van der Waals surface area contributed by atoms with E-state index in [1.807, 2.05) is 24.7 Å². The maximum atomic E-state index is 13.2. The topological polar surface area (TPSA) is 108 Å². The average molecular weight is 429 g/mol. The molecule has 2 unspecified atom stereocenters. The van der Waals surface area contributed by atoms with Crippen molar-refractivity contribution in [1.29, 1.82) is 0 Å². The summed E-state index contributed by atoms with van der Waals surface area (Å²) in [7, 11) is -3.40. The highest BCUT2D eigenvalue weighted by atomic mass is 32.2. The standard InChI is InChI=1S/C22H28N4O3S/c1-14(22(27)8-10-23-13-22)30(28,29)16-6-4-15(5-7-16)18-11-25-21-20(18)17-3-2-9-24-19(17)12-26-21/h2-3,9,11-12,14-16,23-24,27H,4-8,10,13H2,1H3. The summed E-state index contributed by atoms with van der Waals surface area (Å²) < 4.78 is 26.5. The van der Waals surface area contributed by atoms with E-state index in [0.29, 0.717) is 32.4 Å². The lowest BCUT2D eigenvalue weighted by Gasteiger charge is -2.35. The fourth-order valence-electron chi connectivity index (χ4n) is 5.31. The lowest BCUT2D eigenvalue weighted by Crippen LogP contribution is -2.50. The van der Waals surface area contributed by atoms with E-state index in [1.165, 1.54) is 5.56 Å². The molecule has 3 aromatic rings. The number of fused-ring (bicyclic) bond motifs is 3. The smallest absolute Gasteiger partial charge is 0.160 e. The van der Waals surface area contributed by atoms with Crippen LogP contribution in [0, 0.1) is 0 Å². The Morgan fingerprint density at radius 2 is 1.97 bits per heavy atom. The van der Waals surface area contributed by atoms with E-state index >= 15 is 0 Å². The fourth-order valence-corrected chi connectivity index (χ4v) is 7.63. The molecule has 8 heteroatoms. The van der Waals surface area contributed by atoms with Crippen LogP contribution in [-0.2, 0) is 9.84 Å². The van der Waals surface area contributed by atoms with Crippen molar-refractivity contribution in [2.45, 2.75) is 61.0 Å². The van der Waals surface area contributed by atoms with E-state index in [-0.39, 0.29) is 11.2 Å². The summed E-state index contributed by atoms with van der Waals surface area (Å²) in [5.74, 6) is 0.278. The summed E-state index contributed by atoms with van der Waals surface area (Å²) in [6, 6.07) is 4.06. The van der Waals surface area contributed by atoms with Crippen LogP contribution in [-0.4, -0.2) is 57.7 Å². The molecular weight excluding hydrogens is 400 g/mol. The number of β-amino-alcohol motifs (C(OH)–C–C–N with tert-alkyl or cyclic N) is 1. The maximum absolute atomic E-state index is 13.2. The van der Waals surface area contributed by atoms with Crippen molar-refractivity contribution in [2.75, 3.05) is 13.1 Å². The molecule has 2 atom stereocenters. The van der Waals surface area contributed by atoms with Gasteiger partial charge in [0.1, 0.15) is 0 Å². The van der Waals surface area contributed by atoms with Gasteiger partial charge in [-0.3, -0.25) is 0 Å². The molecule has 0 radical (unpaired) electrons. The molecule has 5 rings (SSSR count). The Balaban J connectivity index is 1.38. The van der Waals surface area contributed by atoms with Gasteiger partial charge in [0.15, 0.2) is 15.5 Å². The minimum atomic E-state index is -3.40. The number of H-pyrrole nitrogens is 1. The third-order valence-electron chi connectivity index (χ3n) is 7.31. The average Bonchev–Trinajstić information content (AvgIpc) is 3.40. The Morgan fingerprint density at radius 1 is 1.20 bits per heavy atom. The second-order valence-corrected chi connectivity index (χ2v) is 11.5. The number of aromatic nitrogens is 3. The van der Waals surface area contributed by atoms with E-state index < -0.39 is 20.7 Å². The van der Waals surface area contributed by atoms with Crippen LogP contribution in [0.4, 0.5) is 0 Å². The number of nitrogens with one attached hydrogen (secondary N) is 2. The molecule has 3 aromatic heterocycles. The Kier molecular flexibility index (Phi) is 4.83. The van der Waals surface area contributed by atoms with Gasteiger partial charge in [0, 0.05) is 29.7 Å². The Morgan fingerprint density at radius 3 is 2.70 bits per heavy atom. The van der Waals surface area contributed by atoms with Gasteiger partial charge >= 0.3 is 0 Å². The predicted octanol–water partition coefficient (Wildman–Crippen LogP) is 2.67. The number of pyridine rings is 2. The highest BCUT2D eigenvalue weighted by molar-refractivity contribution is 7.92. The summed E-state index contributed by atoms with van der Waals surface area (Å²) in [6.07, 6.45) is 8.96. The molecule has 7 nitrogen and oxygen atoms in total. The lowest BCUT2D eigenvalue weighted by molar-refractivity contribution is 0.0603. The summed E-state index contributed by atoms with van der Waals surface area (Å²) in [6.45, 7) is 2.70. The summed E-state index contributed by atoms with van der Waals surface area (Å²) in [5, 5.41) is 14.9. The zero-order valence-corrected chi connectivity index (χ0v) is 18.0. The number of aliphatic hydroxyl groups is 1. The number of rotatable bonds is 4. The third kappa shape index (κ3) is 3.13. The number of nitrogens with zero attached hydrogens (tertiary/aromatic N) is 2. The minimum absolute atomic E-state index is 0.278. The van der Waals surface area contributed by atoms with Crippen molar-refractivity contribution in [3.63, 3.8) is 0 Å². The monoisotopic (exact) mass is 428 g/mol. The third-order valence-corrected chi connectivity index (χ3v) is 10.1. The molecule has 1 saturated heterocycles. The van der Waals surface area contributed by atoms with Gasteiger partial charge in [-0.2, -0.15) is 0 Å². The lowest BCUT2D eigenvalue weighted by atomic mass is 9.83. The van der Waals surface area contributed by atoms with Crippen molar-refractivity contribution in [2.24, 2.45) is 0 Å². The van der Waals surface area contributed by atoms with Crippen LogP contribution in [0.25, 0.3) is 21.9 Å². The van der Waals surface area contributed by atoms with Gasteiger partial charge in [0.05, 0.1) is 27.8 Å². The van der Waals surface area contributed by atoms with E-state index in [0.717, 1.165) is 34.8 Å². The van der Waals surface area contributed by atoms with Crippen LogP contribution in [0.5, 0.6) is 0 Å². The van der Waals surface area contributed by atoms with Crippen LogP contribution in [0.2, 0.25) is 0 Å². The van der Waals surface area contributed by atoms with Gasteiger partial charge in [-0.25, -0.2) is 18.4 Å². The van der Waals surface area contributed by atoms with Gasteiger partial charge in [0.2, 0.25) is 0 Å². The molecule has 30 heavy (non-hydrogen) atoms. The molecule has 0 bridgehead atoms. The molecule has 0 spiro atoms. The molecule has 1 aliphatic carbocycles. The number of aromatic amines is 1. The first-order valence-electron chi connectivity index (χ1n) is 10.8. The van der Waals surface area contributed by atoms with Crippen molar-refractivity contribution >= 4 is 31.8 Å². The second kappa shape index (κ2) is 7.28. The Bertz CT molecular complexity index is 1180. The van der Waals surface area contributed by atoms with Crippen LogP contribution < -0.4 is 5.32 Å². The first kappa shape index (κ1) is 19.9. The van der Waals surface area contributed by atoms with Crippen molar-refractivity contribution in [3.8, 4) is 0 Å². The summed E-state index contributed by atoms with van der Waals surface area (Å²) in [5.41, 5.74) is 1.74. The zero-order chi connectivity index (χ0) is 20.9. The SMILES string of the molecule is CC(C1(O)CCNC1)S(=O)(=O)C1CCC(c2cnc3ncc4[nH]cccc4c23)CC1. The molecule has 1 saturated carbocycles. The van der Waals surface area contributed by atoms with Crippen molar-refractivity contribution < 1.29 is 13.5 Å². The quantitative estimate of drug-likeness (QED) is 0.590. The second-order valence-electron chi connectivity index (χ2n) is 8.90. The van der Waals surface area contributed by atoms with Crippen molar-refractivity contribution in [3.05, 3.63) is 36.3 Å². The van der Waals surface area contributed by atoms with Gasteiger partial charge in [-0.05, 0) is 63.1 Å². The number of hydrogen-bond donors (Lipinski definition) is 3. The number of hydrogen-bond acceptors (Lipinski definition) is 6. The summed E-state index contributed by atoms with van der Waals surface area (Å²) in [4.78, 5) is 12.2. The molecule has 2 aliphatic rings. The molecular formula is C22H28N4O3S. The fraction of sp³-hybridized carbons (Fsp3) is 0.545. The molecule has 4 heterocycles. The van der Waals surface area contributed by atoms with Crippen LogP contribution in [0.15, 0.2) is 30.7 Å². The van der Waals surface area contributed by atoms with Gasteiger partial charge in [0.25, 0.3) is 0 Å². The Hall–Kier alpha value is -2.03. The zero-order valence-electron chi connectivity index (χ0n) is 17.1.